The number of anilines is 3. The van der Waals surface area contributed by atoms with E-state index in [0.717, 1.165) is 97.4 Å². The van der Waals surface area contributed by atoms with Crippen LogP contribution in [0.3, 0.4) is 0 Å². The Labute approximate surface area is 370 Å². The molecule has 13 rings (SSSR count). The molecule has 64 heavy (non-hydrogen) atoms. The summed E-state index contributed by atoms with van der Waals surface area (Å²) in [6, 6.07) is 72.6. The molecule has 1 aliphatic rings. The molecular formula is C61H41NO2. The van der Waals surface area contributed by atoms with E-state index in [4.69, 9.17) is 8.83 Å². The molecule has 0 saturated carbocycles. The molecule has 10 aromatic carbocycles. The lowest BCUT2D eigenvalue weighted by Gasteiger charge is -2.26. The van der Waals surface area contributed by atoms with Gasteiger partial charge in [0, 0.05) is 56.3 Å². The lowest BCUT2D eigenvalue weighted by molar-refractivity contribution is 0.541. The predicted molar refractivity (Wildman–Crippen MR) is 269 cm³/mol. The zero-order valence-electron chi connectivity index (χ0n) is 35.1. The number of hydrogen-bond donors (Lipinski definition) is 0. The van der Waals surface area contributed by atoms with Gasteiger partial charge in [0.15, 0.2) is 0 Å². The molecule has 1 aliphatic carbocycles. The van der Waals surface area contributed by atoms with Crippen molar-refractivity contribution in [3.8, 4) is 33.4 Å². The maximum Gasteiger partial charge on any atom is 0.143 e. The first-order chi connectivity index (χ1) is 31.7. The van der Waals surface area contributed by atoms with Gasteiger partial charge in [-0.05, 0) is 110 Å². The molecule has 12 aromatic rings. The highest BCUT2D eigenvalue weighted by atomic mass is 16.3. The Morgan fingerprint density at radius 3 is 1.50 bits per heavy atom. The molecule has 0 spiro atoms. The largest absolute Gasteiger partial charge is 0.460 e. The number of aryl methyl sites for hydroxylation is 1. The fourth-order valence-electron chi connectivity index (χ4n) is 10.3. The molecule has 0 fully saturated rings. The van der Waals surface area contributed by atoms with Crippen molar-refractivity contribution in [2.24, 2.45) is 0 Å². The van der Waals surface area contributed by atoms with E-state index in [9.17, 15) is 0 Å². The second kappa shape index (κ2) is 14.8. The monoisotopic (exact) mass is 819 g/mol. The van der Waals surface area contributed by atoms with Crippen LogP contribution in [0.1, 0.15) is 24.2 Å². The van der Waals surface area contributed by atoms with E-state index in [2.05, 4.69) is 205 Å². The molecule has 0 bridgehead atoms. The zero-order valence-corrected chi connectivity index (χ0v) is 35.1. The van der Waals surface area contributed by atoms with Gasteiger partial charge in [0.25, 0.3) is 0 Å². The minimum Gasteiger partial charge on any atom is -0.460 e. The molecule has 0 amide bonds. The van der Waals surface area contributed by atoms with E-state index in [1.807, 2.05) is 12.1 Å². The van der Waals surface area contributed by atoms with Crippen LogP contribution in [0.4, 0.5) is 17.1 Å². The maximum atomic E-state index is 6.54. The second-order valence-corrected chi connectivity index (χ2v) is 17.0. The third-order valence-electron chi connectivity index (χ3n) is 13.4. The number of para-hydroxylation sites is 3. The molecule has 3 nitrogen and oxygen atoms in total. The van der Waals surface area contributed by atoms with E-state index in [1.165, 1.54) is 48.8 Å². The summed E-state index contributed by atoms with van der Waals surface area (Å²) in [7, 11) is 0. The van der Waals surface area contributed by atoms with Gasteiger partial charge in [-0.25, -0.2) is 0 Å². The van der Waals surface area contributed by atoms with Crippen molar-refractivity contribution in [3.05, 3.63) is 218 Å². The number of furan rings is 2. The lowest BCUT2D eigenvalue weighted by atomic mass is 9.94. The molecule has 0 aliphatic heterocycles. The molecule has 0 N–H and O–H groups in total. The van der Waals surface area contributed by atoms with E-state index < -0.39 is 0 Å². The molecule has 2 heterocycles. The first kappa shape index (κ1) is 36.5. The van der Waals surface area contributed by atoms with Crippen LogP contribution in [-0.4, -0.2) is 0 Å². The summed E-state index contributed by atoms with van der Waals surface area (Å²) in [6.45, 7) is 0. The second-order valence-electron chi connectivity index (χ2n) is 17.0. The summed E-state index contributed by atoms with van der Waals surface area (Å²) in [5.74, 6) is 1.10. The van der Waals surface area contributed by atoms with Gasteiger partial charge >= 0.3 is 0 Å². The summed E-state index contributed by atoms with van der Waals surface area (Å²) in [4.78, 5) is 2.38. The zero-order chi connectivity index (χ0) is 42.1. The van der Waals surface area contributed by atoms with Gasteiger partial charge in [-0.15, -0.1) is 0 Å². The number of nitrogens with zero attached hydrogens (tertiary/aromatic N) is 1. The molecule has 0 unspecified atom stereocenters. The Balaban J connectivity index is 0.900. The van der Waals surface area contributed by atoms with Gasteiger partial charge in [0.2, 0.25) is 0 Å². The molecule has 3 heteroatoms. The van der Waals surface area contributed by atoms with Crippen molar-refractivity contribution in [1.29, 1.82) is 0 Å². The molecule has 0 atom stereocenters. The highest BCUT2D eigenvalue weighted by molar-refractivity contribution is 6.26. The van der Waals surface area contributed by atoms with Crippen molar-refractivity contribution in [3.63, 3.8) is 0 Å². The molecule has 2 aromatic heterocycles. The average Bonchev–Trinajstić information content (AvgIpc) is 3.83. The summed E-state index contributed by atoms with van der Waals surface area (Å²) in [6.07, 6.45) is 7.71. The lowest BCUT2D eigenvalue weighted by Crippen LogP contribution is -2.10. The van der Waals surface area contributed by atoms with Crippen molar-refractivity contribution in [2.75, 3.05) is 4.90 Å². The smallest absolute Gasteiger partial charge is 0.143 e. The normalized spacial score (nSPS) is 12.8. The van der Waals surface area contributed by atoms with Gasteiger partial charge < -0.3 is 13.7 Å². The van der Waals surface area contributed by atoms with E-state index in [1.54, 1.807) is 0 Å². The fourth-order valence-corrected chi connectivity index (χ4v) is 10.3. The van der Waals surface area contributed by atoms with Crippen LogP contribution in [0.2, 0.25) is 0 Å². The van der Waals surface area contributed by atoms with Crippen LogP contribution in [-0.2, 0) is 6.42 Å². The molecule has 0 radical (unpaired) electrons. The van der Waals surface area contributed by atoms with Gasteiger partial charge in [-0.2, -0.15) is 0 Å². The van der Waals surface area contributed by atoms with Gasteiger partial charge in [0.1, 0.15) is 22.5 Å². The summed E-state index contributed by atoms with van der Waals surface area (Å²) in [5.41, 5.74) is 14.1. The standard InChI is InChI=1S/C61H41NO2/c1-2-16-53-55-20-10-18-46(60(55)63-58(53)22-3-1)41-26-24-39(25-27-41)40-28-32-43(33-29-40)62(45-36-37-52-50-14-5-4-12-48(50)49-13-6-7-15-51(49)57(52)38-45)44-34-30-42(31-35-44)47-19-11-21-56-54-17-8-9-23-59(54)64-61(47)56/h2,4-21,23-38H,1,3,22H2. The van der Waals surface area contributed by atoms with Gasteiger partial charge in [-0.1, -0.05) is 170 Å². The van der Waals surface area contributed by atoms with Crippen LogP contribution in [0.5, 0.6) is 0 Å². The first-order valence-corrected chi connectivity index (χ1v) is 22.3. The Kier molecular flexibility index (Phi) is 8.42. The third kappa shape index (κ3) is 5.89. The quantitative estimate of drug-likeness (QED) is 0.157. The van der Waals surface area contributed by atoms with Crippen molar-refractivity contribution in [2.45, 2.75) is 19.3 Å². The third-order valence-corrected chi connectivity index (χ3v) is 13.4. The average molecular weight is 820 g/mol. The van der Waals surface area contributed by atoms with Crippen LogP contribution in [0, 0.1) is 0 Å². The SMILES string of the molecule is C1=Cc2c(oc3c(-c4ccc(-c5ccc(N(c6ccc(-c7cccc8c7oc7ccccc78)cc6)c6ccc7c8ccccc8c8ccccc8c7c6)cc5)cc4)cccc23)CCC1. The summed E-state index contributed by atoms with van der Waals surface area (Å²) in [5, 5.41) is 11.0. The topological polar surface area (TPSA) is 29.5 Å². The Hall–Kier alpha value is -8.14. The Bertz CT molecular complexity index is 3760. The fraction of sp³-hybridized carbons (Fsp3) is 0.0492. The molecule has 302 valence electrons. The maximum absolute atomic E-state index is 6.54. The minimum atomic E-state index is 0.904. The summed E-state index contributed by atoms with van der Waals surface area (Å²) < 4.78 is 13.0. The molecule has 0 saturated heterocycles. The number of hydrogen-bond acceptors (Lipinski definition) is 3. The van der Waals surface area contributed by atoms with Crippen molar-refractivity contribution in [1.82, 2.24) is 0 Å². The van der Waals surface area contributed by atoms with E-state index in [-0.39, 0.29) is 0 Å². The Morgan fingerprint density at radius 1 is 0.359 bits per heavy atom. The van der Waals surface area contributed by atoms with Gasteiger partial charge in [-0.3, -0.25) is 0 Å². The summed E-state index contributed by atoms with van der Waals surface area (Å²) >= 11 is 0. The first-order valence-electron chi connectivity index (χ1n) is 22.3. The molecular weight excluding hydrogens is 779 g/mol. The van der Waals surface area contributed by atoms with Crippen molar-refractivity contribution >= 4 is 88.4 Å². The number of fused-ring (bicyclic) bond motifs is 12. The van der Waals surface area contributed by atoms with E-state index in [0.29, 0.717) is 0 Å². The number of rotatable bonds is 6. The minimum absolute atomic E-state index is 0.904. The highest BCUT2D eigenvalue weighted by Gasteiger charge is 2.19. The van der Waals surface area contributed by atoms with Crippen LogP contribution < -0.4 is 4.90 Å². The highest BCUT2D eigenvalue weighted by Crippen LogP contribution is 2.43. The van der Waals surface area contributed by atoms with Crippen LogP contribution in [0.25, 0.3) is 105 Å². The van der Waals surface area contributed by atoms with E-state index >= 15 is 0 Å². The predicted octanol–water partition coefficient (Wildman–Crippen LogP) is 17.6. The number of benzene rings is 10. The van der Waals surface area contributed by atoms with Gasteiger partial charge in [0.05, 0.1) is 0 Å². The van der Waals surface area contributed by atoms with Crippen LogP contribution >= 0.6 is 0 Å². The Morgan fingerprint density at radius 2 is 0.844 bits per heavy atom. The van der Waals surface area contributed by atoms with Crippen LogP contribution in [0.15, 0.2) is 215 Å². The number of allylic oxidation sites excluding steroid dienone is 1. The van der Waals surface area contributed by atoms with Crippen molar-refractivity contribution < 1.29 is 8.83 Å².